The molecule has 0 aliphatic carbocycles. The predicted octanol–water partition coefficient (Wildman–Crippen LogP) is 9.67. The highest BCUT2D eigenvalue weighted by Crippen LogP contribution is 2.49. The summed E-state index contributed by atoms with van der Waals surface area (Å²) in [6.45, 7) is 11.8. The zero-order valence-electron chi connectivity index (χ0n) is 18.7. The lowest BCUT2D eigenvalue weighted by molar-refractivity contribution is 0.194. The molecule has 0 spiro atoms. The molecule has 0 rings (SSSR count). The largest absolute Gasteiger partial charge is 0.0654 e. The zero-order valence-corrected chi connectivity index (χ0v) is 18.7. The first-order valence-electron chi connectivity index (χ1n) is 12.1. The molecular formula is C25H51. The van der Waals surface area contributed by atoms with Crippen LogP contribution in [-0.2, 0) is 0 Å². The van der Waals surface area contributed by atoms with E-state index >= 15 is 0 Å². The number of rotatable bonds is 19. The standard InChI is InChI=1S/C25H51/c1-6-11-15-19-24(20-16-12-7-2)25(21-10-5,22-17-13-8-3)23-18-14-9-4/h6-23H2,1-5H3. The van der Waals surface area contributed by atoms with Crippen molar-refractivity contribution in [2.45, 2.75) is 150 Å². The second kappa shape index (κ2) is 17.4. The van der Waals surface area contributed by atoms with Crippen molar-refractivity contribution in [2.75, 3.05) is 0 Å². The molecule has 0 atom stereocenters. The van der Waals surface area contributed by atoms with Crippen LogP contribution in [0.3, 0.4) is 0 Å². The maximum Gasteiger partial charge on any atom is -0.0179 e. The Morgan fingerprint density at radius 3 is 1.20 bits per heavy atom. The Labute approximate surface area is 161 Å². The van der Waals surface area contributed by atoms with Crippen molar-refractivity contribution in [3.63, 3.8) is 0 Å². The molecular weight excluding hydrogens is 300 g/mol. The highest BCUT2D eigenvalue weighted by Gasteiger charge is 2.36. The summed E-state index contributed by atoms with van der Waals surface area (Å²) in [4.78, 5) is 0. The summed E-state index contributed by atoms with van der Waals surface area (Å²) in [6, 6.07) is 0. The molecule has 0 aromatic rings. The summed E-state index contributed by atoms with van der Waals surface area (Å²) in [5.74, 6) is 1.99. The highest BCUT2D eigenvalue weighted by molar-refractivity contribution is 5.06. The Balaban J connectivity index is 5.15. The lowest BCUT2D eigenvalue weighted by atomic mass is 9.63. The summed E-state index contributed by atoms with van der Waals surface area (Å²) in [5, 5.41) is 0. The van der Waals surface area contributed by atoms with Crippen LogP contribution >= 0.6 is 0 Å². The van der Waals surface area contributed by atoms with E-state index < -0.39 is 0 Å². The maximum absolute atomic E-state index is 2.42. The zero-order chi connectivity index (χ0) is 18.8. The number of hydrogen-bond donors (Lipinski definition) is 0. The summed E-state index contributed by atoms with van der Waals surface area (Å²) in [5.41, 5.74) is 0.584. The van der Waals surface area contributed by atoms with Crippen LogP contribution in [0, 0.1) is 11.3 Å². The van der Waals surface area contributed by atoms with Gasteiger partial charge in [-0.15, -0.1) is 0 Å². The summed E-state index contributed by atoms with van der Waals surface area (Å²) in [6.07, 6.45) is 25.5. The number of hydrogen-bond acceptors (Lipinski definition) is 0. The molecule has 0 N–H and O–H groups in total. The maximum atomic E-state index is 2.42. The van der Waals surface area contributed by atoms with Crippen molar-refractivity contribution in [3.05, 3.63) is 5.92 Å². The molecule has 0 fully saturated rings. The second-order valence-electron chi connectivity index (χ2n) is 8.46. The average Bonchev–Trinajstić information content (AvgIpc) is 2.61. The van der Waals surface area contributed by atoms with Gasteiger partial charge in [-0.1, -0.05) is 118 Å². The predicted molar refractivity (Wildman–Crippen MR) is 117 cm³/mol. The minimum absolute atomic E-state index is 0.584. The van der Waals surface area contributed by atoms with Gasteiger partial charge in [-0.05, 0) is 43.4 Å². The van der Waals surface area contributed by atoms with E-state index in [0.29, 0.717) is 5.41 Å². The van der Waals surface area contributed by atoms with E-state index in [9.17, 15) is 0 Å². The fraction of sp³-hybridized carbons (Fsp3) is 0.960. The second-order valence-corrected chi connectivity index (χ2v) is 8.46. The Kier molecular flexibility index (Phi) is 17.4. The van der Waals surface area contributed by atoms with Crippen molar-refractivity contribution in [1.82, 2.24) is 0 Å². The van der Waals surface area contributed by atoms with Crippen LogP contribution < -0.4 is 0 Å². The monoisotopic (exact) mass is 351 g/mol. The minimum atomic E-state index is 0.584. The lowest BCUT2D eigenvalue weighted by Gasteiger charge is -2.42. The molecule has 0 saturated carbocycles. The van der Waals surface area contributed by atoms with Gasteiger partial charge in [-0.3, -0.25) is 0 Å². The van der Waals surface area contributed by atoms with Crippen LogP contribution in [0.15, 0.2) is 0 Å². The van der Waals surface area contributed by atoms with E-state index in [4.69, 9.17) is 0 Å². The lowest BCUT2D eigenvalue weighted by Crippen LogP contribution is -2.30. The minimum Gasteiger partial charge on any atom is -0.0654 e. The normalized spacial score (nSPS) is 12.2. The first-order valence-corrected chi connectivity index (χ1v) is 12.1. The molecule has 0 nitrogen and oxygen atoms in total. The van der Waals surface area contributed by atoms with Gasteiger partial charge in [0.15, 0.2) is 0 Å². The molecule has 0 amide bonds. The van der Waals surface area contributed by atoms with Crippen molar-refractivity contribution in [1.29, 1.82) is 0 Å². The molecule has 1 radical (unpaired) electrons. The van der Waals surface area contributed by atoms with E-state index in [0.717, 1.165) is 0 Å². The van der Waals surface area contributed by atoms with E-state index in [1.54, 1.807) is 0 Å². The van der Waals surface area contributed by atoms with Crippen molar-refractivity contribution >= 4 is 0 Å². The van der Waals surface area contributed by atoms with E-state index in [-0.39, 0.29) is 0 Å². The van der Waals surface area contributed by atoms with Gasteiger partial charge in [-0.2, -0.15) is 0 Å². The van der Waals surface area contributed by atoms with E-state index in [1.807, 2.05) is 5.92 Å². The SMILES string of the molecule is CCCCC[C](CCCCC)C(CCC)(CCCCC)CCCCC. The first kappa shape index (κ1) is 25.0. The Morgan fingerprint density at radius 2 is 0.840 bits per heavy atom. The molecule has 0 unspecified atom stereocenters. The van der Waals surface area contributed by atoms with Gasteiger partial charge in [0.25, 0.3) is 0 Å². The van der Waals surface area contributed by atoms with Crippen LogP contribution in [0.5, 0.6) is 0 Å². The van der Waals surface area contributed by atoms with Crippen LogP contribution in [0.2, 0.25) is 0 Å². The molecule has 0 heteroatoms. The molecule has 151 valence electrons. The summed E-state index contributed by atoms with van der Waals surface area (Å²) < 4.78 is 0. The van der Waals surface area contributed by atoms with E-state index in [2.05, 4.69) is 34.6 Å². The van der Waals surface area contributed by atoms with Gasteiger partial charge >= 0.3 is 0 Å². The third kappa shape index (κ3) is 11.3. The van der Waals surface area contributed by atoms with Gasteiger partial charge in [0.2, 0.25) is 0 Å². The van der Waals surface area contributed by atoms with Crippen LogP contribution in [0.25, 0.3) is 0 Å². The van der Waals surface area contributed by atoms with E-state index in [1.165, 1.54) is 116 Å². The quantitative estimate of drug-likeness (QED) is 0.203. The van der Waals surface area contributed by atoms with Gasteiger partial charge in [-0.25, -0.2) is 0 Å². The summed E-state index contributed by atoms with van der Waals surface area (Å²) >= 11 is 0. The summed E-state index contributed by atoms with van der Waals surface area (Å²) in [7, 11) is 0. The van der Waals surface area contributed by atoms with Crippen LogP contribution in [-0.4, -0.2) is 0 Å². The molecule has 0 aromatic heterocycles. The van der Waals surface area contributed by atoms with Crippen LogP contribution in [0.4, 0.5) is 0 Å². The Morgan fingerprint density at radius 1 is 0.440 bits per heavy atom. The smallest absolute Gasteiger partial charge is 0.0179 e. The van der Waals surface area contributed by atoms with Crippen molar-refractivity contribution in [2.24, 2.45) is 5.41 Å². The Bertz CT molecular complexity index is 235. The molecule has 0 bridgehead atoms. The third-order valence-corrected chi connectivity index (χ3v) is 6.16. The first-order chi connectivity index (χ1) is 12.2. The fourth-order valence-electron chi connectivity index (χ4n) is 4.64. The fourth-order valence-corrected chi connectivity index (χ4v) is 4.64. The molecule has 0 aromatic carbocycles. The molecule has 25 heavy (non-hydrogen) atoms. The molecule has 0 aliphatic heterocycles. The average molecular weight is 352 g/mol. The van der Waals surface area contributed by atoms with Gasteiger partial charge < -0.3 is 0 Å². The van der Waals surface area contributed by atoms with Gasteiger partial charge in [0.05, 0.1) is 0 Å². The van der Waals surface area contributed by atoms with Gasteiger partial charge in [0, 0.05) is 0 Å². The number of unbranched alkanes of at least 4 members (excludes halogenated alkanes) is 8. The molecule has 0 saturated heterocycles. The Hall–Kier alpha value is 0. The third-order valence-electron chi connectivity index (χ3n) is 6.16. The van der Waals surface area contributed by atoms with Crippen molar-refractivity contribution in [3.8, 4) is 0 Å². The topological polar surface area (TPSA) is 0 Å². The van der Waals surface area contributed by atoms with Crippen molar-refractivity contribution < 1.29 is 0 Å². The molecule has 0 aliphatic rings. The molecule has 0 heterocycles. The van der Waals surface area contributed by atoms with Crippen LogP contribution in [0.1, 0.15) is 150 Å². The van der Waals surface area contributed by atoms with Gasteiger partial charge in [0.1, 0.15) is 0 Å². The highest BCUT2D eigenvalue weighted by atomic mass is 14.4.